The molecule has 136 valence electrons. The number of carbonyl (C=O) groups excluding carboxylic acids is 1. The van der Waals surface area contributed by atoms with Crippen molar-refractivity contribution in [3.63, 3.8) is 0 Å². The van der Waals surface area contributed by atoms with Gasteiger partial charge in [0.1, 0.15) is 5.60 Å². The van der Waals surface area contributed by atoms with Gasteiger partial charge in [-0.25, -0.2) is 4.79 Å². The van der Waals surface area contributed by atoms with Crippen molar-refractivity contribution in [1.29, 1.82) is 0 Å². The van der Waals surface area contributed by atoms with E-state index in [2.05, 4.69) is 39.1 Å². The lowest BCUT2D eigenvalue weighted by atomic mass is 9.72. The van der Waals surface area contributed by atoms with Crippen molar-refractivity contribution in [2.24, 2.45) is 0 Å². The fourth-order valence-corrected chi connectivity index (χ4v) is 3.13. The van der Waals surface area contributed by atoms with Gasteiger partial charge >= 0.3 is 13.2 Å². The van der Waals surface area contributed by atoms with Gasteiger partial charge in [0.2, 0.25) is 0 Å². The normalized spacial score (nSPS) is 30.0. The minimum Gasteiger partial charge on any atom is -0.444 e. The van der Waals surface area contributed by atoms with E-state index in [9.17, 15) is 4.79 Å². The van der Waals surface area contributed by atoms with Gasteiger partial charge in [-0.3, -0.25) is 0 Å². The molecule has 2 rings (SSSR count). The van der Waals surface area contributed by atoms with Crippen LogP contribution in [0.3, 0.4) is 0 Å². The van der Waals surface area contributed by atoms with Crippen LogP contribution in [0.2, 0.25) is 0 Å². The fraction of sp³-hybridized carbons (Fsp3) is 0.833. The molecule has 0 radical (unpaired) electrons. The summed E-state index contributed by atoms with van der Waals surface area (Å²) in [6.07, 6.45) is 5.22. The predicted octanol–water partition coefficient (Wildman–Crippen LogP) is 4.01. The highest BCUT2D eigenvalue weighted by Gasteiger charge is 2.54. The Kier molecular flexibility index (Phi) is 5.41. The van der Waals surface area contributed by atoms with Crippen LogP contribution in [0.25, 0.3) is 0 Å². The Bertz CT molecular complexity index is 512. The first-order chi connectivity index (χ1) is 11.0. The summed E-state index contributed by atoms with van der Waals surface area (Å²) in [6.45, 7) is 14.0. The van der Waals surface area contributed by atoms with Gasteiger partial charge in [0, 0.05) is 6.04 Å². The number of rotatable bonds is 3. The number of nitrogens with one attached hydrogen (secondary N) is 1. The average Bonchev–Trinajstić information content (AvgIpc) is 2.68. The van der Waals surface area contributed by atoms with Crippen LogP contribution < -0.4 is 5.32 Å². The molecule has 0 spiro atoms. The van der Waals surface area contributed by atoms with Gasteiger partial charge < -0.3 is 19.4 Å². The van der Waals surface area contributed by atoms with Crippen LogP contribution in [0.1, 0.15) is 74.1 Å². The van der Waals surface area contributed by atoms with Gasteiger partial charge in [0.05, 0.1) is 11.2 Å². The number of hydrogen-bond donors (Lipinski definition) is 1. The molecule has 24 heavy (non-hydrogen) atoms. The molecule has 0 aromatic rings. The molecule has 2 aliphatic rings. The quantitative estimate of drug-likeness (QED) is 0.791. The van der Waals surface area contributed by atoms with Crippen LogP contribution in [0.4, 0.5) is 4.79 Å². The minimum absolute atomic E-state index is 0.107. The molecule has 6 heteroatoms. The first-order valence-corrected chi connectivity index (χ1v) is 9.00. The van der Waals surface area contributed by atoms with E-state index in [0.717, 1.165) is 25.7 Å². The van der Waals surface area contributed by atoms with Crippen LogP contribution in [0, 0.1) is 0 Å². The molecule has 0 saturated carbocycles. The van der Waals surface area contributed by atoms with E-state index in [1.807, 2.05) is 20.8 Å². The van der Waals surface area contributed by atoms with E-state index in [1.165, 1.54) is 5.47 Å². The minimum atomic E-state index is -0.471. The van der Waals surface area contributed by atoms with Crippen LogP contribution in [-0.2, 0) is 14.0 Å². The molecule has 1 fully saturated rings. The molecular weight excluding hydrogens is 305 g/mol. The Morgan fingerprint density at radius 3 is 2.50 bits per heavy atom. The molecule has 1 aliphatic heterocycles. The Balaban J connectivity index is 1.91. The van der Waals surface area contributed by atoms with Crippen LogP contribution in [-0.4, -0.2) is 36.1 Å². The molecule has 2 unspecified atom stereocenters. The average molecular weight is 337 g/mol. The molecule has 1 N–H and O–H groups in total. The molecular formula is C18H32BNO4. The van der Waals surface area contributed by atoms with Crippen molar-refractivity contribution >= 4 is 13.2 Å². The lowest BCUT2D eigenvalue weighted by Crippen LogP contribution is -2.44. The third-order valence-electron chi connectivity index (χ3n) is 5.19. The van der Waals surface area contributed by atoms with Gasteiger partial charge in [-0.15, -0.1) is 0 Å². The van der Waals surface area contributed by atoms with Crippen molar-refractivity contribution in [3.8, 4) is 0 Å². The van der Waals surface area contributed by atoms with Crippen LogP contribution >= 0.6 is 0 Å². The first-order valence-electron chi connectivity index (χ1n) is 9.00. The maximum absolute atomic E-state index is 11.9. The second-order valence-electron chi connectivity index (χ2n) is 8.56. The highest BCUT2D eigenvalue weighted by atomic mass is 16.7. The van der Waals surface area contributed by atoms with Crippen molar-refractivity contribution in [2.45, 2.75) is 97.0 Å². The van der Waals surface area contributed by atoms with E-state index in [0.29, 0.717) is 0 Å². The van der Waals surface area contributed by atoms with Crippen molar-refractivity contribution in [1.82, 2.24) is 5.32 Å². The maximum Gasteiger partial charge on any atom is 0.490 e. The predicted molar refractivity (Wildman–Crippen MR) is 95.8 cm³/mol. The summed E-state index contributed by atoms with van der Waals surface area (Å²) in [7, 11) is -0.271. The second-order valence-corrected chi connectivity index (χ2v) is 8.56. The molecule has 1 heterocycles. The zero-order valence-electron chi connectivity index (χ0n) is 16.2. The summed E-state index contributed by atoms with van der Waals surface area (Å²) in [5, 5.41) is 2.94. The van der Waals surface area contributed by atoms with E-state index < -0.39 is 5.60 Å². The Labute approximate surface area is 146 Å². The van der Waals surface area contributed by atoms with Crippen molar-refractivity contribution < 1.29 is 18.8 Å². The summed E-state index contributed by atoms with van der Waals surface area (Å²) < 4.78 is 17.7. The monoisotopic (exact) mass is 337 g/mol. The molecule has 0 bridgehead atoms. The highest BCUT2D eigenvalue weighted by Crippen LogP contribution is 2.42. The Hall–Kier alpha value is -1.01. The molecule has 2 atom stereocenters. The van der Waals surface area contributed by atoms with Gasteiger partial charge in [-0.1, -0.05) is 13.0 Å². The van der Waals surface area contributed by atoms with Crippen LogP contribution in [0.15, 0.2) is 11.5 Å². The summed E-state index contributed by atoms with van der Waals surface area (Å²) in [4.78, 5) is 11.9. The Morgan fingerprint density at radius 1 is 1.38 bits per heavy atom. The number of hydrogen-bond acceptors (Lipinski definition) is 4. The fourth-order valence-electron chi connectivity index (χ4n) is 3.13. The van der Waals surface area contributed by atoms with Gasteiger partial charge in [-0.2, -0.15) is 0 Å². The summed E-state index contributed by atoms with van der Waals surface area (Å²) in [5.41, 5.74) is 0.132. The zero-order valence-corrected chi connectivity index (χ0v) is 16.2. The molecule has 0 aromatic carbocycles. The number of ether oxygens (including phenoxy) is 1. The Morgan fingerprint density at radius 2 is 2.04 bits per heavy atom. The topological polar surface area (TPSA) is 56.8 Å². The number of carbonyl (C=O) groups is 1. The van der Waals surface area contributed by atoms with Gasteiger partial charge in [0.25, 0.3) is 0 Å². The summed E-state index contributed by atoms with van der Waals surface area (Å²) in [5.74, 6) is 0. The lowest BCUT2D eigenvalue weighted by molar-refractivity contribution is -0.0118. The highest BCUT2D eigenvalue weighted by molar-refractivity contribution is 6.54. The molecule has 0 aromatic heterocycles. The van der Waals surface area contributed by atoms with Gasteiger partial charge in [0.15, 0.2) is 0 Å². The third kappa shape index (κ3) is 4.34. The molecule has 1 saturated heterocycles. The molecule has 1 aliphatic carbocycles. The van der Waals surface area contributed by atoms with E-state index in [1.54, 1.807) is 0 Å². The SMILES string of the molecule is CCC1(C)OB(C2=CCC(NC(=O)OC(C)(C)C)CC2)OC1(C)C. The first kappa shape index (κ1) is 19.3. The molecule has 5 nitrogen and oxygen atoms in total. The standard InChI is InChI=1S/C18H32BNO4/c1-8-18(7)17(5,6)23-19(24-18)13-9-11-14(12-10-13)20-15(21)22-16(2,3)4/h9,14H,8,10-12H2,1-7H3,(H,20,21). The smallest absolute Gasteiger partial charge is 0.444 e. The van der Waals surface area contributed by atoms with Gasteiger partial charge in [-0.05, 0) is 72.7 Å². The third-order valence-corrected chi connectivity index (χ3v) is 5.19. The lowest BCUT2D eigenvalue weighted by Gasteiger charge is -2.35. The van der Waals surface area contributed by atoms with Crippen LogP contribution in [0.5, 0.6) is 0 Å². The van der Waals surface area contributed by atoms with E-state index >= 15 is 0 Å². The van der Waals surface area contributed by atoms with Crippen molar-refractivity contribution in [2.75, 3.05) is 0 Å². The second kappa shape index (κ2) is 6.72. The molecule has 1 amide bonds. The maximum atomic E-state index is 11.9. The number of allylic oxidation sites excluding steroid dienone is 1. The largest absolute Gasteiger partial charge is 0.490 e. The van der Waals surface area contributed by atoms with E-state index in [-0.39, 0.29) is 30.5 Å². The van der Waals surface area contributed by atoms with Crippen molar-refractivity contribution in [3.05, 3.63) is 11.5 Å². The number of alkyl carbamates (subject to hydrolysis) is 1. The van der Waals surface area contributed by atoms with E-state index in [4.69, 9.17) is 14.0 Å². The zero-order chi connectivity index (χ0) is 18.2. The summed E-state index contributed by atoms with van der Waals surface area (Å²) in [6, 6.07) is 0.107. The number of amides is 1. The summed E-state index contributed by atoms with van der Waals surface area (Å²) >= 11 is 0.